The lowest BCUT2D eigenvalue weighted by Crippen LogP contribution is -2.11. The molecular formula is C17H19NO5S. The van der Waals surface area contributed by atoms with Crippen LogP contribution in [0.4, 0.5) is 5.69 Å². The van der Waals surface area contributed by atoms with Crippen molar-refractivity contribution in [3.8, 4) is 5.75 Å². The second-order valence-electron chi connectivity index (χ2n) is 5.07. The molecule has 0 amide bonds. The number of hydrogen-bond donors (Lipinski definition) is 1. The fraction of sp³-hybridized carbons (Fsp3) is 0.235. The van der Waals surface area contributed by atoms with E-state index >= 15 is 0 Å². The molecule has 0 spiro atoms. The first kappa shape index (κ1) is 17.8. The maximum atomic E-state index is 12.2. The van der Waals surface area contributed by atoms with Crippen LogP contribution < -0.4 is 9.46 Å². The Kier molecular flexibility index (Phi) is 5.81. The molecule has 0 unspecified atom stereocenters. The molecular weight excluding hydrogens is 330 g/mol. The zero-order chi connectivity index (χ0) is 17.6. The summed E-state index contributed by atoms with van der Waals surface area (Å²) in [4.78, 5) is 12.2. The molecule has 0 aliphatic carbocycles. The van der Waals surface area contributed by atoms with E-state index in [1.165, 1.54) is 6.07 Å². The highest BCUT2D eigenvalue weighted by Crippen LogP contribution is 2.20. The van der Waals surface area contributed by atoms with Gasteiger partial charge in [0.2, 0.25) is 10.0 Å². The summed E-state index contributed by atoms with van der Waals surface area (Å²) in [6, 6.07) is 13.4. The minimum atomic E-state index is -3.41. The molecule has 1 N–H and O–H groups in total. The van der Waals surface area contributed by atoms with Gasteiger partial charge < -0.3 is 9.47 Å². The Bertz CT molecular complexity index is 817. The van der Waals surface area contributed by atoms with Gasteiger partial charge in [-0.1, -0.05) is 24.3 Å². The van der Waals surface area contributed by atoms with Gasteiger partial charge in [0.05, 0.1) is 18.4 Å². The lowest BCUT2D eigenvalue weighted by molar-refractivity contribution is 0.0469. The molecule has 0 saturated carbocycles. The fourth-order valence-corrected chi connectivity index (χ4v) is 2.62. The largest absolute Gasteiger partial charge is 0.493 e. The number of anilines is 1. The van der Waals surface area contributed by atoms with Gasteiger partial charge >= 0.3 is 5.97 Å². The first-order valence-electron chi connectivity index (χ1n) is 7.34. The summed E-state index contributed by atoms with van der Waals surface area (Å²) in [7, 11) is -3.41. The Labute approximate surface area is 141 Å². The molecule has 7 heteroatoms. The Balaban J connectivity index is 2.07. The SMILES string of the molecule is CCOc1ccccc1COC(=O)c1cccc(NS(C)(=O)=O)c1. The Morgan fingerprint density at radius 2 is 1.88 bits per heavy atom. The summed E-state index contributed by atoms with van der Waals surface area (Å²) in [5, 5.41) is 0. The van der Waals surface area contributed by atoms with Crippen LogP contribution in [0.1, 0.15) is 22.8 Å². The Morgan fingerprint density at radius 1 is 1.12 bits per heavy atom. The molecule has 0 atom stereocenters. The maximum absolute atomic E-state index is 12.2. The number of sulfonamides is 1. The molecule has 128 valence electrons. The molecule has 0 aromatic heterocycles. The molecule has 24 heavy (non-hydrogen) atoms. The molecule has 0 bridgehead atoms. The van der Waals surface area contributed by atoms with E-state index in [2.05, 4.69) is 4.72 Å². The van der Waals surface area contributed by atoms with Crippen molar-refractivity contribution in [3.63, 3.8) is 0 Å². The normalized spacial score (nSPS) is 10.9. The van der Waals surface area contributed by atoms with Crippen molar-refractivity contribution in [2.45, 2.75) is 13.5 Å². The van der Waals surface area contributed by atoms with Gasteiger partial charge in [0, 0.05) is 11.3 Å². The summed E-state index contributed by atoms with van der Waals surface area (Å²) in [6.07, 6.45) is 1.04. The van der Waals surface area contributed by atoms with E-state index in [0.29, 0.717) is 18.0 Å². The highest BCUT2D eigenvalue weighted by atomic mass is 32.2. The van der Waals surface area contributed by atoms with Crippen molar-refractivity contribution < 1.29 is 22.7 Å². The molecule has 2 rings (SSSR count). The van der Waals surface area contributed by atoms with Crippen LogP contribution in [0.5, 0.6) is 5.75 Å². The van der Waals surface area contributed by atoms with Gasteiger partial charge in [-0.05, 0) is 31.2 Å². The number of para-hydroxylation sites is 1. The maximum Gasteiger partial charge on any atom is 0.338 e. The number of carbonyl (C=O) groups excluding carboxylic acids is 1. The van der Waals surface area contributed by atoms with E-state index in [0.717, 1.165) is 11.8 Å². The van der Waals surface area contributed by atoms with Crippen LogP contribution in [0, 0.1) is 0 Å². The zero-order valence-electron chi connectivity index (χ0n) is 13.5. The van der Waals surface area contributed by atoms with E-state index in [9.17, 15) is 13.2 Å². The van der Waals surface area contributed by atoms with Gasteiger partial charge in [-0.15, -0.1) is 0 Å². The summed E-state index contributed by atoms with van der Waals surface area (Å²) in [6.45, 7) is 2.46. The van der Waals surface area contributed by atoms with E-state index in [-0.39, 0.29) is 12.2 Å². The monoisotopic (exact) mass is 349 g/mol. The van der Waals surface area contributed by atoms with Gasteiger partial charge in [-0.25, -0.2) is 13.2 Å². The van der Waals surface area contributed by atoms with Crippen LogP contribution >= 0.6 is 0 Å². The smallest absolute Gasteiger partial charge is 0.338 e. The standard InChI is InChI=1S/C17H19NO5S/c1-3-22-16-10-5-4-7-14(16)12-23-17(19)13-8-6-9-15(11-13)18-24(2,20)21/h4-11,18H,3,12H2,1-2H3. The summed E-state index contributed by atoms with van der Waals surface area (Å²) in [5.74, 6) is 0.124. The summed E-state index contributed by atoms with van der Waals surface area (Å²) in [5.41, 5.74) is 1.33. The van der Waals surface area contributed by atoms with Gasteiger partial charge in [0.1, 0.15) is 12.4 Å². The highest BCUT2D eigenvalue weighted by molar-refractivity contribution is 7.92. The van der Waals surface area contributed by atoms with Crippen LogP contribution in [-0.2, 0) is 21.4 Å². The number of nitrogens with one attached hydrogen (secondary N) is 1. The predicted octanol–water partition coefficient (Wildman–Crippen LogP) is 2.81. The van der Waals surface area contributed by atoms with Crippen LogP contribution in [0.15, 0.2) is 48.5 Å². The van der Waals surface area contributed by atoms with Crippen LogP contribution in [0.25, 0.3) is 0 Å². The molecule has 0 fully saturated rings. The number of rotatable bonds is 7. The molecule has 0 saturated heterocycles. The van der Waals surface area contributed by atoms with Gasteiger partial charge in [0.25, 0.3) is 0 Å². The molecule has 0 aliphatic heterocycles. The Hall–Kier alpha value is -2.54. The van der Waals surface area contributed by atoms with E-state index in [1.54, 1.807) is 18.2 Å². The molecule has 0 radical (unpaired) electrons. The van der Waals surface area contributed by atoms with Gasteiger partial charge in [-0.2, -0.15) is 0 Å². The predicted molar refractivity (Wildman–Crippen MR) is 91.6 cm³/mol. The third kappa shape index (κ3) is 5.27. The number of esters is 1. The van der Waals surface area contributed by atoms with Crippen molar-refractivity contribution in [1.29, 1.82) is 0 Å². The molecule has 0 heterocycles. The summed E-state index contributed by atoms with van der Waals surface area (Å²) >= 11 is 0. The third-order valence-electron chi connectivity index (χ3n) is 3.03. The van der Waals surface area contributed by atoms with E-state index in [4.69, 9.17) is 9.47 Å². The molecule has 2 aromatic rings. The summed E-state index contributed by atoms with van der Waals surface area (Å²) < 4.78 is 35.6. The number of carbonyl (C=O) groups is 1. The number of hydrogen-bond acceptors (Lipinski definition) is 5. The Morgan fingerprint density at radius 3 is 2.58 bits per heavy atom. The molecule has 6 nitrogen and oxygen atoms in total. The fourth-order valence-electron chi connectivity index (χ4n) is 2.07. The minimum absolute atomic E-state index is 0.0682. The second kappa shape index (κ2) is 7.83. The quantitative estimate of drug-likeness (QED) is 0.777. The van der Waals surface area contributed by atoms with Gasteiger partial charge in [-0.3, -0.25) is 4.72 Å². The van der Waals surface area contributed by atoms with E-state index < -0.39 is 16.0 Å². The first-order chi connectivity index (χ1) is 11.4. The molecule has 0 aliphatic rings. The second-order valence-corrected chi connectivity index (χ2v) is 6.82. The van der Waals surface area contributed by atoms with Crippen molar-refractivity contribution in [3.05, 3.63) is 59.7 Å². The molecule has 2 aromatic carbocycles. The third-order valence-corrected chi connectivity index (χ3v) is 3.64. The number of benzene rings is 2. The minimum Gasteiger partial charge on any atom is -0.493 e. The average Bonchev–Trinajstić information content (AvgIpc) is 2.52. The zero-order valence-corrected chi connectivity index (χ0v) is 14.3. The van der Waals surface area contributed by atoms with E-state index in [1.807, 2.05) is 31.2 Å². The average molecular weight is 349 g/mol. The van der Waals surface area contributed by atoms with Crippen LogP contribution in [0.2, 0.25) is 0 Å². The lowest BCUT2D eigenvalue weighted by atomic mass is 10.2. The van der Waals surface area contributed by atoms with Crippen LogP contribution in [0.3, 0.4) is 0 Å². The van der Waals surface area contributed by atoms with Crippen molar-refractivity contribution >= 4 is 21.7 Å². The lowest BCUT2D eigenvalue weighted by Gasteiger charge is -2.11. The van der Waals surface area contributed by atoms with Crippen molar-refractivity contribution in [2.75, 3.05) is 17.6 Å². The van der Waals surface area contributed by atoms with Crippen molar-refractivity contribution in [1.82, 2.24) is 0 Å². The van der Waals surface area contributed by atoms with Crippen LogP contribution in [-0.4, -0.2) is 27.2 Å². The topological polar surface area (TPSA) is 81.7 Å². The number of ether oxygens (including phenoxy) is 2. The highest BCUT2D eigenvalue weighted by Gasteiger charge is 2.11. The van der Waals surface area contributed by atoms with Gasteiger partial charge in [0.15, 0.2) is 0 Å². The first-order valence-corrected chi connectivity index (χ1v) is 9.24. The van der Waals surface area contributed by atoms with Crippen molar-refractivity contribution in [2.24, 2.45) is 0 Å².